The molecule has 12 heavy (non-hydrogen) atoms. The van der Waals surface area contributed by atoms with Crippen LogP contribution in [0.1, 0.15) is 20.8 Å². The van der Waals surface area contributed by atoms with Crippen molar-refractivity contribution in [2.24, 2.45) is 0 Å². The van der Waals surface area contributed by atoms with E-state index in [2.05, 4.69) is 30.1 Å². The molecule has 1 unspecified atom stereocenters. The van der Waals surface area contributed by atoms with Gasteiger partial charge < -0.3 is 10.2 Å². The molecule has 0 saturated heterocycles. The molecule has 0 aromatic rings. The fraction of sp³-hybridized carbons (Fsp3) is 0.889. The van der Waals surface area contributed by atoms with Crippen molar-refractivity contribution in [2.75, 3.05) is 26.2 Å². The van der Waals surface area contributed by atoms with E-state index in [4.69, 9.17) is 5.26 Å². The van der Waals surface area contributed by atoms with Gasteiger partial charge in [0.15, 0.2) is 0 Å². The molecule has 70 valence electrons. The summed E-state index contributed by atoms with van der Waals surface area (Å²) in [5.74, 6) is 0. The monoisotopic (exact) mass is 169 g/mol. The maximum atomic E-state index is 8.49. The van der Waals surface area contributed by atoms with Gasteiger partial charge in [-0.3, -0.25) is 0 Å². The van der Waals surface area contributed by atoms with Gasteiger partial charge in [0.25, 0.3) is 0 Å². The highest BCUT2D eigenvalue weighted by Gasteiger charge is 2.00. The standard InChI is InChI=1S/C9H19N3/c1-4-12(5-2)7-6-11-9(3)8-10/h9,11H,4-7H2,1-3H3. The largest absolute Gasteiger partial charge is 0.303 e. The first-order valence-corrected chi connectivity index (χ1v) is 4.59. The lowest BCUT2D eigenvalue weighted by Crippen LogP contribution is -2.35. The quantitative estimate of drug-likeness (QED) is 0.640. The van der Waals surface area contributed by atoms with E-state index in [-0.39, 0.29) is 6.04 Å². The first-order valence-electron chi connectivity index (χ1n) is 4.59. The smallest absolute Gasteiger partial charge is 0.0924 e. The predicted octanol–water partition coefficient (Wildman–Crippen LogP) is 0.830. The minimum atomic E-state index is -0.0273. The SMILES string of the molecule is CCN(CC)CCNC(C)C#N. The van der Waals surface area contributed by atoms with Crippen molar-refractivity contribution in [1.82, 2.24) is 10.2 Å². The Morgan fingerprint density at radius 2 is 2.00 bits per heavy atom. The minimum Gasteiger partial charge on any atom is -0.303 e. The second-order valence-electron chi connectivity index (χ2n) is 2.83. The molecule has 0 aliphatic heterocycles. The molecule has 1 atom stereocenters. The molecule has 0 heterocycles. The van der Waals surface area contributed by atoms with E-state index in [1.54, 1.807) is 0 Å². The van der Waals surface area contributed by atoms with Gasteiger partial charge in [-0.1, -0.05) is 13.8 Å². The second-order valence-corrected chi connectivity index (χ2v) is 2.83. The fourth-order valence-corrected chi connectivity index (χ4v) is 1.02. The normalized spacial score (nSPS) is 12.9. The van der Waals surface area contributed by atoms with Crippen molar-refractivity contribution in [3.8, 4) is 6.07 Å². The zero-order valence-electron chi connectivity index (χ0n) is 8.30. The molecule has 0 fully saturated rings. The average Bonchev–Trinajstić information content (AvgIpc) is 2.12. The molecule has 0 aromatic carbocycles. The summed E-state index contributed by atoms with van der Waals surface area (Å²) in [6, 6.07) is 2.12. The molecular weight excluding hydrogens is 150 g/mol. The van der Waals surface area contributed by atoms with Crippen molar-refractivity contribution < 1.29 is 0 Å². The van der Waals surface area contributed by atoms with Gasteiger partial charge in [0, 0.05) is 13.1 Å². The second kappa shape index (κ2) is 7.08. The van der Waals surface area contributed by atoms with Crippen LogP contribution in [-0.4, -0.2) is 37.1 Å². The van der Waals surface area contributed by atoms with Gasteiger partial charge in [-0.25, -0.2) is 0 Å². The Labute approximate surface area is 75.4 Å². The molecule has 0 aliphatic rings. The van der Waals surface area contributed by atoms with Crippen LogP contribution in [0, 0.1) is 11.3 Å². The van der Waals surface area contributed by atoms with Crippen molar-refractivity contribution in [1.29, 1.82) is 5.26 Å². The molecule has 0 radical (unpaired) electrons. The molecule has 0 bridgehead atoms. The predicted molar refractivity (Wildman–Crippen MR) is 50.9 cm³/mol. The number of hydrogen-bond acceptors (Lipinski definition) is 3. The first kappa shape index (κ1) is 11.4. The van der Waals surface area contributed by atoms with Gasteiger partial charge in [-0.05, 0) is 20.0 Å². The van der Waals surface area contributed by atoms with Crippen LogP contribution < -0.4 is 5.32 Å². The molecule has 0 rings (SSSR count). The van der Waals surface area contributed by atoms with Crippen molar-refractivity contribution in [2.45, 2.75) is 26.8 Å². The Balaban J connectivity index is 3.36. The van der Waals surface area contributed by atoms with Crippen LogP contribution in [0.25, 0.3) is 0 Å². The fourth-order valence-electron chi connectivity index (χ4n) is 1.02. The number of nitriles is 1. The Kier molecular flexibility index (Phi) is 6.73. The molecule has 0 spiro atoms. The zero-order chi connectivity index (χ0) is 9.40. The molecule has 0 aromatic heterocycles. The Hall–Kier alpha value is -0.590. The van der Waals surface area contributed by atoms with Gasteiger partial charge in [0.05, 0.1) is 12.1 Å². The van der Waals surface area contributed by atoms with Crippen LogP contribution in [0.4, 0.5) is 0 Å². The number of likely N-dealkylation sites (N-methyl/N-ethyl adjacent to an activating group) is 1. The summed E-state index contributed by atoms with van der Waals surface area (Å²) in [6.07, 6.45) is 0. The van der Waals surface area contributed by atoms with Gasteiger partial charge in [0.1, 0.15) is 0 Å². The lowest BCUT2D eigenvalue weighted by Gasteiger charge is -2.18. The number of nitrogens with one attached hydrogen (secondary N) is 1. The summed E-state index contributed by atoms with van der Waals surface area (Å²) in [5, 5.41) is 11.6. The van der Waals surface area contributed by atoms with Crippen LogP contribution in [0.3, 0.4) is 0 Å². The van der Waals surface area contributed by atoms with E-state index in [0.717, 1.165) is 26.2 Å². The third-order valence-electron chi connectivity index (χ3n) is 1.97. The van der Waals surface area contributed by atoms with Crippen molar-refractivity contribution >= 4 is 0 Å². The Morgan fingerprint density at radius 3 is 2.42 bits per heavy atom. The molecular formula is C9H19N3. The van der Waals surface area contributed by atoms with E-state index < -0.39 is 0 Å². The van der Waals surface area contributed by atoms with Crippen LogP contribution >= 0.6 is 0 Å². The lowest BCUT2D eigenvalue weighted by molar-refractivity contribution is 0.301. The van der Waals surface area contributed by atoms with Crippen molar-refractivity contribution in [3.63, 3.8) is 0 Å². The van der Waals surface area contributed by atoms with Gasteiger partial charge in [-0.15, -0.1) is 0 Å². The summed E-state index contributed by atoms with van der Waals surface area (Å²) in [6.45, 7) is 10.3. The number of hydrogen-bond donors (Lipinski definition) is 1. The van der Waals surface area contributed by atoms with E-state index in [1.165, 1.54) is 0 Å². The third-order valence-corrected chi connectivity index (χ3v) is 1.97. The summed E-state index contributed by atoms with van der Waals surface area (Å²) < 4.78 is 0. The van der Waals surface area contributed by atoms with E-state index in [9.17, 15) is 0 Å². The highest BCUT2D eigenvalue weighted by Crippen LogP contribution is 1.85. The van der Waals surface area contributed by atoms with Crippen LogP contribution in [-0.2, 0) is 0 Å². The maximum absolute atomic E-state index is 8.49. The van der Waals surface area contributed by atoms with Crippen LogP contribution in [0.15, 0.2) is 0 Å². The molecule has 0 amide bonds. The Morgan fingerprint density at radius 1 is 1.42 bits per heavy atom. The topological polar surface area (TPSA) is 39.1 Å². The summed E-state index contributed by atoms with van der Waals surface area (Å²) in [5.41, 5.74) is 0. The first-order chi connectivity index (χ1) is 5.74. The molecule has 3 nitrogen and oxygen atoms in total. The summed E-state index contributed by atoms with van der Waals surface area (Å²) >= 11 is 0. The molecule has 0 aliphatic carbocycles. The van der Waals surface area contributed by atoms with Crippen LogP contribution in [0.5, 0.6) is 0 Å². The molecule has 1 N–H and O–H groups in total. The van der Waals surface area contributed by atoms with E-state index >= 15 is 0 Å². The number of nitrogens with zero attached hydrogens (tertiary/aromatic N) is 2. The van der Waals surface area contributed by atoms with Crippen molar-refractivity contribution in [3.05, 3.63) is 0 Å². The Bertz CT molecular complexity index is 135. The third kappa shape index (κ3) is 5.11. The van der Waals surface area contributed by atoms with E-state index in [0.29, 0.717) is 0 Å². The highest BCUT2D eigenvalue weighted by molar-refractivity contribution is 4.85. The zero-order valence-corrected chi connectivity index (χ0v) is 8.30. The number of rotatable bonds is 6. The maximum Gasteiger partial charge on any atom is 0.0924 e. The van der Waals surface area contributed by atoms with Gasteiger partial charge in [0.2, 0.25) is 0 Å². The average molecular weight is 169 g/mol. The molecule has 3 heteroatoms. The van der Waals surface area contributed by atoms with Gasteiger partial charge in [-0.2, -0.15) is 5.26 Å². The molecule has 0 saturated carbocycles. The van der Waals surface area contributed by atoms with Gasteiger partial charge >= 0.3 is 0 Å². The van der Waals surface area contributed by atoms with Crippen LogP contribution in [0.2, 0.25) is 0 Å². The minimum absolute atomic E-state index is 0.0273. The van der Waals surface area contributed by atoms with E-state index in [1.807, 2.05) is 6.92 Å². The lowest BCUT2D eigenvalue weighted by atomic mass is 10.3. The summed E-state index contributed by atoms with van der Waals surface area (Å²) in [4.78, 5) is 2.33. The highest BCUT2D eigenvalue weighted by atomic mass is 15.1. The summed E-state index contributed by atoms with van der Waals surface area (Å²) in [7, 11) is 0.